The maximum Gasteiger partial charge on any atom is 0.338 e. The third-order valence-corrected chi connectivity index (χ3v) is 6.11. The highest BCUT2D eigenvalue weighted by molar-refractivity contribution is 7.92. The maximum absolute atomic E-state index is 12.5. The second-order valence-corrected chi connectivity index (χ2v) is 9.05. The summed E-state index contributed by atoms with van der Waals surface area (Å²) in [7, 11) is -1.92. The zero-order valence-electron chi connectivity index (χ0n) is 17.2. The number of esters is 1. The number of sulfonamides is 1. The van der Waals surface area contributed by atoms with Crippen LogP contribution in [0.1, 0.15) is 29.8 Å². The van der Waals surface area contributed by atoms with Gasteiger partial charge in [-0.1, -0.05) is 12.1 Å². The van der Waals surface area contributed by atoms with Crippen LogP contribution in [0.2, 0.25) is 0 Å². The van der Waals surface area contributed by atoms with E-state index in [1.807, 2.05) is 6.92 Å². The smallest absolute Gasteiger partial charge is 0.338 e. The summed E-state index contributed by atoms with van der Waals surface area (Å²) in [4.78, 5) is 24.9. The zero-order chi connectivity index (χ0) is 22.1. The Morgan fingerprint density at radius 2 is 1.90 bits per heavy atom. The Balaban J connectivity index is 1.71. The number of rotatable bonds is 6. The second-order valence-electron chi connectivity index (χ2n) is 7.19. The Hall–Kier alpha value is -3.07. The molecule has 0 aromatic heterocycles. The fraction of sp³-hybridized carbons (Fsp3) is 0.333. The first-order valence-corrected chi connectivity index (χ1v) is 11.2. The average Bonchev–Trinajstić information content (AvgIpc) is 3.03. The van der Waals surface area contributed by atoms with Gasteiger partial charge in [-0.3, -0.25) is 9.10 Å². The van der Waals surface area contributed by atoms with Gasteiger partial charge in [0.15, 0.2) is 6.10 Å². The van der Waals surface area contributed by atoms with Crippen molar-refractivity contribution in [1.82, 2.24) is 0 Å². The molecule has 0 spiro atoms. The molecule has 2 atom stereocenters. The van der Waals surface area contributed by atoms with E-state index in [9.17, 15) is 18.0 Å². The topological polar surface area (TPSA) is 102 Å². The van der Waals surface area contributed by atoms with Gasteiger partial charge < -0.3 is 14.8 Å². The maximum atomic E-state index is 12.5. The number of hydrogen-bond acceptors (Lipinski definition) is 6. The van der Waals surface area contributed by atoms with Crippen LogP contribution >= 0.6 is 0 Å². The Kier molecular flexibility index (Phi) is 6.02. The monoisotopic (exact) mass is 432 g/mol. The molecule has 0 radical (unpaired) electrons. The molecule has 0 fully saturated rings. The first-order valence-electron chi connectivity index (χ1n) is 9.39. The van der Waals surface area contributed by atoms with Gasteiger partial charge in [-0.2, -0.15) is 0 Å². The number of nitrogens with zero attached hydrogens (tertiary/aromatic N) is 1. The van der Waals surface area contributed by atoms with Crippen molar-refractivity contribution in [2.75, 3.05) is 23.0 Å². The van der Waals surface area contributed by atoms with Crippen molar-refractivity contribution in [3.8, 4) is 5.75 Å². The van der Waals surface area contributed by atoms with Crippen molar-refractivity contribution in [3.63, 3.8) is 0 Å². The number of nitrogens with one attached hydrogen (secondary N) is 1. The molecule has 1 N–H and O–H groups in total. The van der Waals surface area contributed by atoms with Gasteiger partial charge in [-0.05, 0) is 56.2 Å². The SMILES string of the molecule is COc1ccccc1NC(=O)C(C)OC(=O)c1ccc2c(c1)CC(C)N2S(C)(=O)=O. The van der Waals surface area contributed by atoms with Gasteiger partial charge in [0.1, 0.15) is 5.75 Å². The Labute approximate surface area is 175 Å². The van der Waals surface area contributed by atoms with Crippen LogP contribution in [0.4, 0.5) is 11.4 Å². The minimum absolute atomic E-state index is 0.230. The van der Waals surface area contributed by atoms with E-state index in [-0.39, 0.29) is 11.6 Å². The third kappa shape index (κ3) is 4.40. The van der Waals surface area contributed by atoms with Gasteiger partial charge in [0.2, 0.25) is 10.0 Å². The summed E-state index contributed by atoms with van der Waals surface area (Å²) in [6.07, 6.45) is 0.609. The summed E-state index contributed by atoms with van der Waals surface area (Å²) in [5, 5.41) is 2.67. The molecule has 0 bridgehead atoms. The molecule has 1 aliphatic heterocycles. The molecule has 3 rings (SSSR count). The van der Waals surface area contributed by atoms with E-state index < -0.39 is 28.0 Å². The first kappa shape index (κ1) is 21.6. The number of methoxy groups -OCH3 is 1. The number of ether oxygens (including phenoxy) is 2. The molecule has 30 heavy (non-hydrogen) atoms. The van der Waals surface area contributed by atoms with E-state index in [1.54, 1.807) is 36.4 Å². The third-order valence-electron chi connectivity index (χ3n) is 4.84. The van der Waals surface area contributed by atoms with Crippen molar-refractivity contribution in [1.29, 1.82) is 0 Å². The second kappa shape index (κ2) is 8.35. The predicted octanol–water partition coefficient (Wildman–Crippen LogP) is 2.59. The number of para-hydroxylation sites is 2. The summed E-state index contributed by atoms with van der Waals surface area (Å²) in [6, 6.07) is 11.4. The standard InChI is InChI=1S/C21H24N2O6S/c1-13-11-16-12-15(9-10-18(16)23(13)30(4,26)27)21(25)29-14(2)20(24)22-17-7-5-6-8-19(17)28-3/h5-10,12-14H,11H2,1-4H3,(H,22,24). The molecule has 9 heteroatoms. The fourth-order valence-corrected chi connectivity index (χ4v) is 4.76. The lowest BCUT2D eigenvalue weighted by Gasteiger charge is -2.22. The zero-order valence-corrected chi connectivity index (χ0v) is 18.0. The molecule has 160 valence electrons. The van der Waals surface area contributed by atoms with Gasteiger partial charge in [0.05, 0.1) is 30.3 Å². The molecule has 2 aromatic rings. The van der Waals surface area contributed by atoms with E-state index in [4.69, 9.17) is 9.47 Å². The molecule has 0 aliphatic carbocycles. The largest absolute Gasteiger partial charge is 0.495 e. The van der Waals surface area contributed by atoms with Crippen LogP contribution in [0.15, 0.2) is 42.5 Å². The number of benzene rings is 2. The lowest BCUT2D eigenvalue weighted by Crippen LogP contribution is -2.34. The number of fused-ring (bicyclic) bond motifs is 1. The molecule has 1 amide bonds. The molecular weight excluding hydrogens is 408 g/mol. The van der Waals surface area contributed by atoms with E-state index >= 15 is 0 Å². The molecular formula is C21H24N2O6S. The quantitative estimate of drug-likeness (QED) is 0.704. The molecule has 0 saturated carbocycles. The molecule has 1 aliphatic rings. The van der Waals surface area contributed by atoms with Crippen LogP contribution in [-0.2, 0) is 26.0 Å². The number of carbonyl (C=O) groups excluding carboxylic acids is 2. The number of anilines is 2. The highest BCUT2D eigenvalue weighted by Gasteiger charge is 2.33. The molecule has 8 nitrogen and oxygen atoms in total. The van der Waals surface area contributed by atoms with E-state index in [1.165, 1.54) is 24.4 Å². The van der Waals surface area contributed by atoms with Crippen molar-refractivity contribution in [3.05, 3.63) is 53.6 Å². The fourth-order valence-electron chi connectivity index (χ4n) is 3.50. The van der Waals surface area contributed by atoms with Crippen LogP contribution in [0.5, 0.6) is 5.75 Å². The van der Waals surface area contributed by atoms with Crippen molar-refractivity contribution in [2.45, 2.75) is 32.4 Å². The lowest BCUT2D eigenvalue weighted by atomic mass is 10.1. The Morgan fingerprint density at radius 1 is 1.20 bits per heavy atom. The van der Waals surface area contributed by atoms with Gasteiger partial charge in [0, 0.05) is 6.04 Å². The van der Waals surface area contributed by atoms with E-state index in [0.29, 0.717) is 23.5 Å². The first-order chi connectivity index (χ1) is 14.1. The summed E-state index contributed by atoms with van der Waals surface area (Å²) < 4.78 is 35.9. The molecule has 2 unspecified atom stereocenters. The molecule has 1 heterocycles. The van der Waals surface area contributed by atoms with Gasteiger partial charge in [0.25, 0.3) is 5.91 Å². The number of hydrogen-bond donors (Lipinski definition) is 1. The van der Waals surface area contributed by atoms with Crippen molar-refractivity contribution >= 4 is 33.3 Å². The van der Waals surface area contributed by atoms with Crippen LogP contribution in [-0.4, -0.2) is 45.8 Å². The summed E-state index contributed by atoms with van der Waals surface area (Å²) in [6.45, 7) is 3.28. The summed E-state index contributed by atoms with van der Waals surface area (Å²) in [5.41, 5.74) is 2.03. The Morgan fingerprint density at radius 3 is 2.57 bits per heavy atom. The van der Waals surface area contributed by atoms with Crippen LogP contribution < -0.4 is 14.4 Å². The number of carbonyl (C=O) groups is 2. The summed E-state index contributed by atoms with van der Waals surface area (Å²) >= 11 is 0. The van der Waals surface area contributed by atoms with Gasteiger partial charge in [-0.25, -0.2) is 13.2 Å². The van der Waals surface area contributed by atoms with Crippen LogP contribution in [0.3, 0.4) is 0 Å². The Bertz CT molecular complexity index is 1080. The van der Waals surface area contributed by atoms with E-state index in [2.05, 4.69) is 5.32 Å². The minimum Gasteiger partial charge on any atom is -0.495 e. The molecule has 0 saturated heterocycles. The van der Waals surface area contributed by atoms with Crippen molar-refractivity contribution < 1.29 is 27.5 Å². The summed E-state index contributed by atoms with van der Waals surface area (Å²) in [5.74, 6) is -0.663. The van der Waals surface area contributed by atoms with Crippen LogP contribution in [0, 0.1) is 0 Å². The minimum atomic E-state index is -3.41. The van der Waals surface area contributed by atoms with E-state index in [0.717, 1.165) is 11.8 Å². The van der Waals surface area contributed by atoms with Crippen LogP contribution in [0.25, 0.3) is 0 Å². The highest BCUT2D eigenvalue weighted by atomic mass is 32.2. The highest BCUT2D eigenvalue weighted by Crippen LogP contribution is 2.35. The normalized spacial score (nSPS) is 16.5. The lowest BCUT2D eigenvalue weighted by molar-refractivity contribution is -0.123. The number of amides is 1. The van der Waals surface area contributed by atoms with Gasteiger partial charge >= 0.3 is 5.97 Å². The molecule has 2 aromatic carbocycles. The average molecular weight is 432 g/mol. The van der Waals surface area contributed by atoms with Gasteiger partial charge in [-0.15, -0.1) is 0 Å². The predicted molar refractivity (Wildman–Crippen MR) is 113 cm³/mol. The van der Waals surface area contributed by atoms with Crippen molar-refractivity contribution in [2.24, 2.45) is 0 Å².